The Balaban J connectivity index is 1.98. The molecule has 1 amide bonds. The first-order chi connectivity index (χ1) is 15.2. The summed E-state index contributed by atoms with van der Waals surface area (Å²) in [6, 6.07) is -0.225. The minimum absolute atomic E-state index is 0.105. The molecule has 0 radical (unpaired) electrons. The van der Waals surface area contributed by atoms with E-state index in [0.29, 0.717) is 19.0 Å². The number of imidazole rings is 1. The van der Waals surface area contributed by atoms with E-state index in [2.05, 4.69) is 27.1 Å². The fourth-order valence-electron chi connectivity index (χ4n) is 3.48. The Morgan fingerprint density at radius 2 is 2.20 bits per heavy atom. The van der Waals surface area contributed by atoms with Gasteiger partial charge in [0.2, 0.25) is 5.95 Å². The Hall–Kier alpha value is -3.22. The third-order valence-electron chi connectivity index (χ3n) is 4.74. The van der Waals surface area contributed by atoms with Crippen molar-refractivity contribution in [1.29, 1.82) is 0 Å². The summed E-state index contributed by atoms with van der Waals surface area (Å²) in [5.41, 5.74) is -1.59. The van der Waals surface area contributed by atoms with E-state index < -0.39 is 29.8 Å². The molecule has 0 aliphatic carbocycles. The molecule has 1 aliphatic heterocycles. The number of anilines is 1. The van der Waals surface area contributed by atoms with E-state index in [1.807, 2.05) is 4.90 Å². The molecular weight excluding hydrogens is 388 g/mol. The Bertz CT molecular complexity index is 1230. The first kappa shape index (κ1) is 17.6. The van der Waals surface area contributed by atoms with Gasteiger partial charge in [0.1, 0.15) is 5.60 Å². The van der Waals surface area contributed by atoms with Crippen LogP contribution in [-0.2, 0) is 18.3 Å². The molecule has 0 aromatic carbocycles. The van der Waals surface area contributed by atoms with Crippen LogP contribution >= 0.6 is 0 Å². The number of aromatic amines is 1. The van der Waals surface area contributed by atoms with Gasteiger partial charge in [-0.1, -0.05) is 5.92 Å². The number of rotatable bonds is 3. The second-order valence-electron chi connectivity index (χ2n) is 8.22. The van der Waals surface area contributed by atoms with E-state index >= 15 is 0 Å². The van der Waals surface area contributed by atoms with Gasteiger partial charge in [-0.2, -0.15) is 4.98 Å². The van der Waals surface area contributed by atoms with Gasteiger partial charge in [0.05, 0.1) is 6.54 Å². The average molecular weight is 420 g/mol. The molecule has 1 aliphatic rings. The number of piperidine rings is 1. The lowest BCUT2D eigenvalue weighted by Gasteiger charge is -2.34. The second-order valence-corrected chi connectivity index (χ2v) is 8.22. The third kappa shape index (κ3) is 4.50. The average Bonchev–Trinajstić information content (AvgIpc) is 3.04. The van der Waals surface area contributed by atoms with Gasteiger partial charge < -0.3 is 15.0 Å². The second kappa shape index (κ2) is 8.26. The third-order valence-corrected chi connectivity index (χ3v) is 4.74. The van der Waals surface area contributed by atoms with Crippen LogP contribution in [0.1, 0.15) is 44.6 Å². The number of carbonyl (C=O) groups is 1. The van der Waals surface area contributed by atoms with Crippen molar-refractivity contribution in [3.63, 3.8) is 0 Å². The number of aryl methyl sites for hydroxylation is 1. The molecule has 2 aromatic rings. The highest BCUT2D eigenvalue weighted by molar-refractivity contribution is 5.74. The zero-order chi connectivity index (χ0) is 24.6. The summed E-state index contributed by atoms with van der Waals surface area (Å²) >= 11 is 0. The number of amides is 1. The summed E-state index contributed by atoms with van der Waals surface area (Å²) < 4.78 is 29.9. The van der Waals surface area contributed by atoms with Crippen molar-refractivity contribution in [2.45, 2.75) is 58.7 Å². The summed E-state index contributed by atoms with van der Waals surface area (Å²) in [7, 11) is 1.49. The van der Waals surface area contributed by atoms with Crippen LogP contribution in [0.15, 0.2) is 9.59 Å². The zero-order valence-electron chi connectivity index (χ0n) is 20.5. The normalized spacial score (nSPS) is 18.7. The summed E-state index contributed by atoms with van der Waals surface area (Å²) in [5, 5.41) is 2.86. The van der Waals surface area contributed by atoms with Crippen molar-refractivity contribution in [3.8, 4) is 11.8 Å². The number of hydrogen-bond acceptors (Lipinski definition) is 6. The van der Waals surface area contributed by atoms with Crippen LogP contribution in [0.4, 0.5) is 10.7 Å². The Morgan fingerprint density at radius 1 is 1.43 bits per heavy atom. The first-order valence-corrected chi connectivity index (χ1v) is 9.69. The fraction of sp³-hybridized carbons (Fsp3) is 0.600. The lowest BCUT2D eigenvalue weighted by molar-refractivity contribution is 0.0500. The summed E-state index contributed by atoms with van der Waals surface area (Å²) in [4.78, 5) is 45.5. The Morgan fingerprint density at radius 3 is 2.90 bits per heavy atom. The molecule has 30 heavy (non-hydrogen) atoms. The first-order valence-electron chi connectivity index (χ1n) is 11.2. The molecule has 0 unspecified atom stereocenters. The monoisotopic (exact) mass is 419 g/mol. The highest BCUT2D eigenvalue weighted by Gasteiger charge is 2.28. The molecule has 10 heteroatoms. The van der Waals surface area contributed by atoms with Gasteiger partial charge in [-0.15, -0.1) is 5.92 Å². The molecule has 162 valence electrons. The maximum Gasteiger partial charge on any atom is 0.407 e. The number of alkyl carbamates (subject to hydrolysis) is 1. The van der Waals surface area contributed by atoms with Crippen LogP contribution in [0.2, 0.25) is 0 Å². The number of nitrogens with zero attached hydrogens (tertiary/aromatic N) is 4. The van der Waals surface area contributed by atoms with Crippen molar-refractivity contribution in [2.75, 3.05) is 18.0 Å². The van der Waals surface area contributed by atoms with E-state index in [1.54, 1.807) is 20.8 Å². The van der Waals surface area contributed by atoms with E-state index in [-0.39, 0.29) is 23.8 Å². The van der Waals surface area contributed by atoms with Crippen molar-refractivity contribution in [3.05, 3.63) is 20.8 Å². The number of ether oxygens (including phenoxy) is 1. The van der Waals surface area contributed by atoms with Crippen LogP contribution in [0.25, 0.3) is 11.2 Å². The predicted molar refractivity (Wildman–Crippen MR) is 114 cm³/mol. The van der Waals surface area contributed by atoms with E-state index in [0.717, 1.165) is 12.8 Å². The molecule has 1 saturated heterocycles. The number of carbonyl (C=O) groups excluding carboxylic acids is 1. The van der Waals surface area contributed by atoms with Crippen LogP contribution in [0.3, 0.4) is 0 Å². The van der Waals surface area contributed by atoms with Crippen LogP contribution in [0.5, 0.6) is 0 Å². The van der Waals surface area contributed by atoms with Crippen LogP contribution < -0.4 is 21.5 Å². The number of hydrogen-bond donors (Lipinski definition) is 2. The lowest BCUT2D eigenvalue weighted by atomic mass is 10.1. The van der Waals surface area contributed by atoms with Crippen molar-refractivity contribution < 1.29 is 13.6 Å². The Labute approximate surface area is 178 Å². The number of aromatic nitrogens is 4. The zero-order valence-corrected chi connectivity index (χ0v) is 17.5. The molecule has 1 atom stereocenters. The van der Waals surface area contributed by atoms with Gasteiger partial charge in [0.25, 0.3) is 5.56 Å². The van der Waals surface area contributed by atoms with Gasteiger partial charge in [0.15, 0.2) is 11.2 Å². The van der Waals surface area contributed by atoms with E-state index in [1.165, 1.54) is 16.2 Å². The number of nitrogens with one attached hydrogen (secondary N) is 2. The Kier molecular flexibility index (Phi) is 4.85. The molecule has 0 saturated carbocycles. The molecule has 2 N–H and O–H groups in total. The quantitative estimate of drug-likeness (QED) is 0.716. The molecule has 3 heterocycles. The summed E-state index contributed by atoms with van der Waals surface area (Å²) in [5.74, 6) is 5.14. The van der Waals surface area contributed by atoms with Gasteiger partial charge in [-0.25, -0.2) is 9.59 Å². The fourth-order valence-corrected chi connectivity index (χ4v) is 3.48. The molecule has 1 fully saturated rings. The van der Waals surface area contributed by atoms with Crippen molar-refractivity contribution in [2.24, 2.45) is 7.05 Å². The maximum atomic E-state index is 12.6. The molecule has 0 spiro atoms. The molecule has 0 bridgehead atoms. The lowest BCUT2D eigenvalue weighted by Crippen LogP contribution is -2.49. The van der Waals surface area contributed by atoms with Gasteiger partial charge >= 0.3 is 11.8 Å². The number of H-pyrrole nitrogens is 1. The number of fused-ring (bicyclic) bond motifs is 1. The van der Waals surface area contributed by atoms with Crippen LogP contribution in [-0.4, -0.2) is 49.9 Å². The molecule has 10 nitrogen and oxygen atoms in total. The molecule has 3 rings (SSSR count). The topological polar surface area (TPSA) is 114 Å². The maximum absolute atomic E-state index is 12.6. The van der Waals surface area contributed by atoms with Gasteiger partial charge in [-0.3, -0.25) is 18.9 Å². The van der Waals surface area contributed by atoms with Crippen molar-refractivity contribution in [1.82, 2.24) is 24.4 Å². The SMILES string of the molecule is [2H]C([2H])([2H])C#CCn1c(N2CCC[C@@H](NC(=O)OC(C)(C)C)C2)nc2c1c(=O)[nH]c(=O)n2C. The van der Waals surface area contributed by atoms with Gasteiger partial charge in [-0.05, 0) is 40.5 Å². The highest BCUT2D eigenvalue weighted by Crippen LogP contribution is 2.23. The van der Waals surface area contributed by atoms with Crippen LogP contribution in [0, 0.1) is 11.8 Å². The van der Waals surface area contributed by atoms with E-state index in [4.69, 9.17) is 8.85 Å². The molecule has 2 aromatic heterocycles. The van der Waals surface area contributed by atoms with Crippen molar-refractivity contribution >= 4 is 23.2 Å². The summed E-state index contributed by atoms with van der Waals surface area (Å²) in [6.45, 7) is 3.78. The predicted octanol–water partition coefficient (Wildman–Crippen LogP) is 0.940. The summed E-state index contributed by atoms with van der Waals surface area (Å²) in [6.07, 6.45) is 0.943. The smallest absolute Gasteiger partial charge is 0.407 e. The minimum atomic E-state index is -2.44. The standard InChI is InChI=1S/C20H28N6O4/c1-6-7-11-26-14-15(24(5)18(28)23-16(14)27)22-17(26)25-10-8-9-13(12-25)21-19(29)30-20(2,3)4/h13H,8-12H2,1-5H3,(H,21,29)(H,23,27,28)/t13-/m1/s1/i1D3. The molecular formula is C20H28N6O4. The minimum Gasteiger partial charge on any atom is -0.444 e. The van der Waals surface area contributed by atoms with E-state index in [9.17, 15) is 14.4 Å². The largest absolute Gasteiger partial charge is 0.444 e. The highest BCUT2D eigenvalue weighted by atomic mass is 16.6. The van der Waals surface area contributed by atoms with Gasteiger partial charge in [0, 0.05) is 30.3 Å².